The van der Waals surface area contributed by atoms with E-state index in [-0.39, 0.29) is 12.2 Å². The van der Waals surface area contributed by atoms with Crippen LogP contribution >= 0.6 is 0 Å². The lowest BCUT2D eigenvalue weighted by molar-refractivity contribution is -0.0176. The molecular weight excluding hydrogens is 274 g/mol. The van der Waals surface area contributed by atoms with Crippen molar-refractivity contribution in [2.75, 3.05) is 18.0 Å². The summed E-state index contributed by atoms with van der Waals surface area (Å²) < 4.78 is 6.13. The molecule has 4 heteroatoms. The maximum atomic E-state index is 6.13. The van der Waals surface area contributed by atoms with Gasteiger partial charge in [-0.25, -0.2) is 9.97 Å². The van der Waals surface area contributed by atoms with Crippen LogP contribution in [0.1, 0.15) is 43.2 Å². The molecule has 2 aliphatic rings. The van der Waals surface area contributed by atoms with E-state index in [4.69, 9.17) is 9.72 Å². The standard InChI is InChI=1S/C18H21N3O/c1-13-11-21(12-16(22-13)14-5-3-2-4-6-14)17-9-10-19-18(20-17)15-7-8-15/h2-6,9-10,13,15-16H,7-8,11-12H2,1H3. The van der Waals surface area contributed by atoms with Crippen LogP contribution in [-0.4, -0.2) is 29.2 Å². The highest BCUT2D eigenvalue weighted by Crippen LogP contribution is 2.38. The third-order valence-electron chi connectivity index (χ3n) is 4.36. The summed E-state index contributed by atoms with van der Waals surface area (Å²) in [6.45, 7) is 3.85. The Hall–Kier alpha value is -1.94. The van der Waals surface area contributed by atoms with Gasteiger partial charge in [0.1, 0.15) is 17.7 Å². The molecule has 1 saturated carbocycles. The maximum Gasteiger partial charge on any atom is 0.133 e. The Labute approximate surface area is 131 Å². The van der Waals surface area contributed by atoms with Crippen LogP contribution in [0, 0.1) is 0 Å². The molecule has 4 rings (SSSR count). The molecule has 1 saturated heterocycles. The van der Waals surface area contributed by atoms with E-state index in [2.05, 4.69) is 41.1 Å². The Morgan fingerprint density at radius 1 is 1.09 bits per heavy atom. The summed E-state index contributed by atoms with van der Waals surface area (Å²) in [6.07, 6.45) is 4.65. The Balaban J connectivity index is 1.57. The number of hydrogen-bond acceptors (Lipinski definition) is 4. The molecule has 2 fully saturated rings. The fraction of sp³-hybridized carbons (Fsp3) is 0.444. The van der Waals surface area contributed by atoms with Gasteiger partial charge >= 0.3 is 0 Å². The first-order chi connectivity index (χ1) is 10.8. The minimum Gasteiger partial charge on any atom is -0.367 e. The van der Waals surface area contributed by atoms with Crippen molar-refractivity contribution in [1.29, 1.82) is 0 Å². The average Bonchev–Trinajstić information content (AvgIpc) is 3.40. The van der Waals surface area contributed by atoms with E-state index in [1.54, 1.807) is 0 Å². The fourth-order valence-electron chi connectivity index (χ4n) is 3.07. The summed E-state index contributed by atoms with van der Waals surface area (Å²) in [6, 6.07) is 12.5. The van der Waals surface area contributed by atoms with E-state index < -0.39 is 0 Å². The third-order valence-corrected chi connectivity index (χ3v) is 4.36. The topological polar surface area (TPSA) is 38.2 Å². The van der Waals surface area contributed by atoms with Gasteiger partial charge in [0.2, 0.25) is 0 Å². The van der Waals surface area contributed by atoms with E-state index in [1.165, 1.54) is 18.4 Å². The zero-order chi connectivity index (χ0) is 14.9. The van der Waals surface area contributed by atoms with Crippen molar-refractivity contribution in [2.45, 2.75) is 37.9 Å². The van der Waals surface area contributed by atoms with E-state index >= 15 is 0 Å². The van der Waals surface area contributed by atoms with Crippen LogP contribution < -0.4 is 4.90 Å². The monoisotopic (exact) mass is 295 g/mol. The summed E-state index contributed by atoms with van der Waals surface area (Å²) >= 11 is 0. The van der Waals surface area contributed by atoms with Gasteiger partial charge in [-0.05, 0) is 31.4 Å². The first-order valence-electron chi connectivity index (χ1n) is 8.08. The number of ether oxygens (including phenoxy) is 1. The third kappa shape index (κ3) is 2.83. The number of aromatic nitrogens is 2. The largest absolute Gasteiger partial charge is 0.367 e. The molecule has 2 heterocycles. The van der Waals surface area contributed by atoms with E-state index in [0.717, 1.165) is 24.7 Å². The Bertz CT molecular complexity index is 642. The molecule has 0 bridgehead atoms. The maximum absolute atomic E-state index is 6.13. The number of rotatable bonds is 3. The summed E-state index contributed by atoms with van der Waals surface area (Å²) in [5, 5.41) is 0. The molecule has 0 radical (unpaired) electrons. The number of morpholine rings is 1. The van der Waals surface area contributed by atoms with Gasteiger partial charge < -0.3 is 9.64 Å². The molecule has 1 aromatic heterocycles. The highest BCUT2D eigenvalue weighted by atomic mass is 16.5. The second kappa shape index (κ2) is 5.69. The zero-order valence-electron chi connectivity index (χ0n) is 12.9. The summed E-state index contributed by atoms with van der Waals surface area (Å²) in [7, 11) is 0. The highest BCUT2D eigenvalue weighted by molar-refractivity contribution is 5.40. The predicted octanol–water partition coefficient (Wildman–Crippen LogP) is 3.32. The number of nitrogens with zero attached hydrogens (tertiary/aromatic N) is 3. The highest BCUT2D eigenvalue weighted by Gasteiger charge is 2.30. The Morgan fingerprint density at radius 3 is 2.68 bits per heavy atom. The van der Waals surface area contributed by atoms with Gasteiger partial charge in [0.05, 0.1) is 6.10 Å². The zero-order valence-corrected chi connectivity index (χ0v) is 12.9. The summed E-state index contributed by atoms with van der Waals surface area (Å²) in [4.78, 5) is 11.5. The van der Waals surface area contributed by atoms with E-state index in [9.17, 15) is 0 Å². The Morgan fingerprint density at radius 2 is 1.91 bits per heavy atom. The van der Waals surface area contributed by atoms with Gasteiger partial charge in [0, 0.05) is 25.2 Å². The molecule has 2 atom stereocenters. The lowest BCUT2D eigenvalue weighted by atomic mass is 10.1. The first kappa shape index (κ1) is 13.7. The Kier molecular flexibility index (Phi) is 3.54. The van der Waals surface area contributed by atoms with Crippen molar-refractivity contribution in [2.24, 2.45) is 0 Å². The van der Waals surface area contributed by atoms with Gasteiger partial charge in [-0.2, -0.15) is 0 Å². The molecule has 2 aromatic rings. The van der Waals surface area contributed by atoms with Crippen molar-refractivity contribution in [3.63, 3.8) is 0 Å². The number of anilines is 1. The van der Waals surface area contributed by atoms with Crippen LogP contribution in [0.2, 0.25) is 0 Å². The van der Waals surface area contributed by atoms with Crippen LogP contribution in [0.5, 0.6) is 0 Å². The average molecular weight is 295 g/mol. The molecule has 22 heavy (non-hydrogen) atoms. The van der Waals surface area contributed by atoms with Crippen LogP contribution in [-0.2, 0) is 4.74 Å². The molecule has 0 spiro atoms. The van der Waals surface area contributed by atoms with Gasteiger partial charge in [-0.15, -0.1) is 0 Å². The lowest BCUT2D eigenvalue weighted by Gasteiger charge is -2.37. The van der Waals surface area contributed by atoms with Crippen molar-refractivity contribution in [1.82, 2.24) is 9.97 Å². The minimum atomic E-state index is 0.101. The first-order valence-corrected chi connectivity index (χ1v) is 8.08. The van der Waals surface area contributed by atoms with Gasteiger partial charge in [-0.1, -0.05) is 30.3 Å². The molecule has 1 aliphatic carbocycles. The van der Waals surface area contributed by atoms with Crippen LogP contribution in [0.15, 0.2) is 42.6 Å². The molecule has 0 N–H and O–H groups in total. The molecule has 1 aromatic carbocycles. The van der Waals surface area contributed by atoms with Crippen LogP contribution in [0.3, 0.4) is 0 Å². The van der Waals surface area contributed by atoms with Gasteiger partial charge in [-0.3, -0.25) is 0 Å². The SMILES string of the molecule is CC1CN(c2ccnc(C3CC3)n2)CC(c2ccccc2)O1. The number of hydrogen-bond donors (Lipinski definition) is 0. The van der Waals surface area contributed by atoms with Crippen LogP contribution in [0.25, 0.3) is 0 Å². The molecule has 114 valence electrons. The smallest absolute Gasteiger partial charge is 0.133 e. The van der Waals surface area contributed by atoms with Crippen molar-refractivity contribution in [3.05, 3.63) is 54.0 Å². The summed E-state index contributed by atoms with van der Waals surface area (Å²) in [5.41, 5.74) is 1.23. The molecular formula is C18H21N3O. The normalized spacial score (nSPS) is 25.2. The van der Waals surface area contributed by atoms with Gasteiger partial charge in [0.15, 0.2) is 0 Å². The van der Waals surface area contributed by atoms with Gasteiger partial charge in [0.25, 0.3) is 0 Å². The van der Waals surface area contributed by atoms with E-state index in [1.807, 2.05) is 18.3 Å². The summed E-state index contributed by atoms with van der Waals surface area (Å²) in [5.74, 6) is 2.63. The van der Waals surface area contributed by atoms with Crippen molar-refractivity contribution >= 4 is 5.82 Å². The van der Waals surface area contributed by atoms with Crippen molar-refractivity contribution < 1.29 is 4.74 Å². The van der Waals surface area contributed by atoms with E-state index in [0.29, 0.717) is 5.92 Å². The number of benzene rings is 1. The second-order valence-electron chi connectivity index (χ2n) is 6.30. The van der Waals surface area contributed by atoms with Crippen LogP contribution in [0.4, 0.5) is 5.82 Å². The quantitative estimate of drug-likeness (QED) is 0.870. The fourth-order valence-corrected chi connectivity index (χ4v) is 3.07. The lowest BCUT2D eigenvalue weighted by Crippen LogP contribution is -2.43. The predicted molar refractivity (Wildman–Crippen MR) is 86.0 cm³/mol. The van der Waals surface area contributed by atoms with Crippen molar-refractivity contribution in [3.8, 4) is 0 Å². The second-order valence-corrected chi connectivity index (χ2v) is 6.30. The minimum absolute atomic E-state index is 0.101. The molecule has 0 amide bonds. The molecule has 4 nitrogen and oxygen atoms in total. The molecule has 2 unspecified atom stereocenters. The molecule has 1 aliphatic heterocycles.